The number of hydrogen-bond acceptors (Lipinski definition) is 3. The molecule has 1 aliphatic rings. The van der Waals surface area contributed by atoms with E-state index in [0.29, 0.717) is 22.9 Å². The number of benzene rings is 2. The Labute approximate surface area is 145 Å². The second kappa shape index (κ2) is 7.36. The second-order valence-corrected chi connectivity index (χ2v) is 5.93. The molecule has 2 aromatic carbocycles. The van der Waals surface area contributed by atoms with E-state index in [-0.39, 0.29) is 18.4 Å². The molecular formula is C18H17ClN2O3. The highest BCUT2D eigenvalue weighted by Gasteiger charge is 2.21. The smallest absolute Gasteiger partial charge is 0.262 e. The Kier molecular flexibility index (Phi) is 5.01. The number of carbonyl (C=O) groups excluding carboxylic acids is 2. The summed E-state index contributed by atoms with van der Waals surface area (Å²) in [4.78, 5) is 25.5. The molecule has 0 saturated carbocycles. The van der Waals surface area contributed by atoms with Gasteiger partial charge in [-0.05, 0) is 36.8 Å². The van der Waals surface area contributed by atoms with Crippen molar-refractivity contribution in [2.45, 2.75) is 12.8 Å². The lowest BCUT2D eigenvalue weighted by atomic mass is 10.3. The molecule has 1 aliphatic heterocycles. The van der Waals surface area contributed by atoms with Gasteiger partial charge in [0.2, 0.25) is 5.91 Å². The summed E-state index contributed by atoms with van der Waals surface area (Å²) in [5.74, 6) is 0.388. The number of hydrogen-bond donors (Lipinski definition) is 1. The van der Waals surface area contributed by atoms with E-state index in [1.807, 2.05) is 12.1 Å². The minimum atomic E-state index is -0.278. The summed E-state index contributed by atoms with van der Waals surface area (Å²) < 4.78 is 5.52. The van der Waals surface area contributed by atoms with Crippen molar-refractivity contribution < 1.29 is 14.3 Å². The molecule has 24 heavy (non-hydrogen) atoms. The van der Waals surface area contributed by atoms with E-state index < -0.39 is 0 Å². The third-order valence-corrected chi connectivity index (χ3v) is 3.92. The number of anilines is 2. The number of carbonyl (C=O) groups is 2. The summed E-state index contributed by atoms with van der Waals surface area (Å²) in [5, 5.41) is 3.27. The maximum absolute atomic E-state index is 11.9. The van der Waals surface area contributed by atoms with Crippen LogP contribution >= 0.6 is 11.6 Å². The molecule has 1 saturated heterocycles. The zero-order valence-electron chi connectivity index (χ0n) is 13.0. The first-order valence-electron chi connectivity index (χ1n) is 7.70. The fourth-order valence-corrected chi connectivity index (χ4v) is 2.76. The monoisotopic (exact) mass is 344 g/mol. The van der Waals surface area contributed by atoms with Gasteiger partial charge in [0, 0.05) is 35.4 Å². The summed E-state index contributed by atoms with van der Waals surface area (Å²) in [6.45, 7) is 0.599. The van der Waals surface area contributed by atoms with Crippen molar-refractivity contribution in [2.24, 2.45) is 0 Å². The first kappa shape index (κ1) is 16.3. The minimum absolute atomic E-state index is 0.117. The van der Waals surface area contributed by atoms with Crippen LogP contribution in [0.5, 0.6) is 5.75 Å². The Hall–Kier alpha value is -2.53. The number of halogens is 1. The minimum Gasteiger partial charge on any atom is -0.484 e. The summed E-state index contributed by atoms with van der Waals surface area (Å²) >= 11 is 5.88. The van der Waals surface area contributed by atoms with Crippen LogP contribution in [0.25, 0.3) is 0 Å². The van der Waals surface area contributed by atoms with Crippen molar-refractivity contribution in [2.75, 3.05) is 23.4 Å². The van der Waals surface area contributed by atoms with Crippen molar-refractivity contribution in [1.29, 1.82) is 0 Å². The van der Waals surface area contributed by atoms with Gasteiger partial charge in [-0.2, -0.15) is 0 Å². The molecule has 0 atom stereocenters. The van der Waals surface area contributed by atoms with E-state index in [1.54, 1.807) is 41.3 Å². The van der Waals surface area contributed by atoms with Gasteiger partial charge in [0.1, 0.15) is 5.75 Å². The molecule has 1 N–H and O–H groups in total. The number of nitrogens with one attached hydrogen (secondary N) is 1. The van der Waals surface area contributed by atoms with E-state index in [2.05, 4.69) is 5.32 Å². The van der Waals surface area contributed by atoms with Crippen LogP contribution in [0, 0.1) is 0 Å². The maximum atomic E-state index is 11.9. The Morgan fingerprint density at radius 3 is 2.79 bits per heavy atom. The average Bonchev–Trinajstić information content (AvgIpc) is 2.99. The van der Waals surface area contributed by atoms with E-state index in [9.17, 15) is 9.59 Å². The first-order chi connectivity index (χ1) is 11.6. The van der Waals surface area contributed by atoms with Gasteiger partial charge >= 0.3 is 0 Å². The molecular weight excluding hydrogens is 328 g/mol. The quantitative estimate of drug-likeness (QED) is 0.903. The van der Waals surface area contributed by atoms with Crippen LogP contribution in [0.4, 0.5) is 11.4 Å². The van der Waals surface area contributed by atoms with Crippen LogP contribution < -0.4 is 15.0 Å². The fraction of sp³-hybridized carbons (Fsp3) is 0.222. The number of rotatable bonds is 5. The van der Waals surface area contributed by atoms with E-state index in [1.165, 1.54) is 0 Å². The Balaban J connectivity index is 1.58. The van der Waals surface area contributed by atoms with Gasteiger partial charge in [-0.15, -0.1) is 0 Å². The molecule has 0 aliphatic carbocycles. The first-order valence-corrected chi connectivity index (χ1v) is 8.08. The predicted molar refractivity (Wildman–Crippen MR) is 93.6 cm³/mol. The number of ether oxygens (including phenoxy) is 1. The third-order valence-electron chi connectivity index (χ3n) is 3.68. The van der Waals surface area contributed by atoms with Crippen LogP contribution in [-0.4, -0.2) is 25.0 Å². The standard InChI is InChI=1S/C18H17ClN2O3/c19-13-4-1-5-14(10-13)20-17(22)12-24-16-7-2-6-15(11-16)21-9-3-8-18(21)23/h1-2,4-7,10-11H,3,8-9,12H2,(H,20,22). The second-order valence-electron chi connectivity index (χ2n) is 5.49. The fourth-order valence-electron chi connectivity index (χ4n) is 2.57. The molecule has 3 rings (SSSR count). The Bertz CT molecular complexity index is 763. The molecule has 2 amide bonds. The highest BCUT2D eigenvalue weighted by atomic mass is 35.5. The van der Waals surface area contributed by atoms with Crippen LogP contribution in [0.15, 0.2) is 48.5 Å². The van der Waals surface area contributed by atoms with Crippen LogP contribution in [0.1, 0.15) is 12.8 Å². The molecule has 5 nitrogen and oxygen atoms in total. The SMILES string of the molecule is O=C(COc1cccc(N2CCCC2=O)c1)Nc1cccc(Cl)c1. The summed E-state index contributed by atoms with van der Waals surface area (Å²) in [5.41, 5.74) is 1.41. The van der Waals surface area contributed by atoms with Crippen molar-refractivity contribution in [3.05, 3.63) is 53.6 Å². The van der Waals surface area contributed by atoms with Crippen LogP contribution in [0.3, 0.4) is 0 Å². The molecule has 2 aromatic rings. The summed E-state index contributed by atoms with van der Waals surface area (Å²) in [7, 11) is 0. The lowest BCUT2D eigenvalue weighted by molar-refractivity contribution is -0.118. The van der Waals surface area contributed by atoms with Crippen LogP contribution in [0.2, 0.25) is 5.02 Å². The van der Waals surface area contributed by atoms with Gasteiger partial charge < -0.3 is 15.0 Å². The van der Waals surface area contributed by atoms with Gasteiger partial charge in [0.15, 0.2) is 6.61 Å². The topological polar surface area (TPSA) is 58.6 Å². The van der Waals surface area contributed by atoms with Crippen LogP contribution in [-0.2, 0) is 9.59 Å². The Morgan fingerprint density at radius 2 is 2.04 bits per heavy atom. The van der Waals surface area contributed by atoms with Crippen molar-refractivity contribution >= 4 is 34.8 Å². The predicted octanol–water partition coefficient (Wildman–Crippen LogP) is 3.48. The van der Waals surface area contributed by atoms with Gasteiger partial charge in [0.25, 0.3) is 5.91 Å². The van der Waals surface area contributed by atoms with E-state index in [0.717, 1.165) is 18.7 Å². The van der Waals surface area contributed by atoms with E-state index >= 15 is 0 Å². The van der Waals surface area contributed by atoms with Gasteiger partial charge in [-0.25, -0.2) is 0 Å². The molecule has 0 unspecified atom stereocenters. The van der Waals surface area contributed by atoms with E-state index in [4.69, 9.17) is 16.3 Å². The largest absolute Gasteiger partial charge is 0.484 e. The molecule has 124 valence electrons. The van der Waals surface area contributed by atoms with Crippen molar-refractivity contribution in [3.8, 4) is 5.75 Å². The summed E-state index contributed by atoms with van der Waals surface area (Å²) in [6, 6.07) is 14.1. The van der Waals surface area contributed by atoms with Crippen molar-refractivity contribution in [3.63, 3.8) is 0 Å². The number of nitrogens with zero attached hydrogens (tertiary/aromatic N) is 1. The third kappa shape index (κ3) is 4.06. The van der Waals surface area contributed by atoms with Crippen molar-refractivity contribution in [1.82, 2.24) is 0 Å². The zero-order chi connectivity index (χ0) is 16.9. The molecule has 0 spiro atoms. The highest BCUT2D eigenvalue weighted by molar-refractivity contribution is 6.30. The molecule has 0 radical (unpaired) electrons. The normalized spacial score (nSPS) is 13.9. The molecule has 1 heterocycles. The lowest BCUT2D eigenvalue weighted by Gasteiger charge is -2.16. The maximum Gasteiger partial charge on any atom is 0.262 e. The number of amides is 2. The van der Waals surface area contributed by atoms with Gasteiger partial charge in [0.05, 0.1) is 0 Å². The average molecular weight is 345 g/mol. The molecule has 0 bridgehead atoms. The van der Waals surface area contributed by atoms with Gasteiger partial charge in [-0.3, -0.25) is 9.59 Å². The molecule has 0 aromatic heterocycles. The zero-order valence-corrected chi connectivity index (χ0v) is 13.8. The lowest BCUT2D eigenvalue weighted by Crippen LogP contribution is -2.24. The molecule has 1 fully saturated rings. The highest BCUT2D eigenvalue weighted by Crippen LogP contribution is 2.25. The Morgan fingerprint density at radius 1 is 1.21 bits per heavy atom. The molecule has 6 heteroatoms. The van der Waals surface area contributed by atoms with Gasteiger partial charge in [-0.1, -0.05) is 23.7 Å². The summed E-state index contributed by atoms with van der Waals surface area (Å²) in [6.07, 6.45) is 1.44.